The maximum atomic E-state index is 12.3. The molecule has 0 atom stereocenters. The molecule has 0 aliphatic carbocycles. The molecule has 2 aromatic carbocycles. The van der Waals surface area contributed by atoms with E-state index in [1.54, 1.807) is 6.20 Å². The lowest BCUT2D eigenvalue weighted by Crippen LogP contribution is -2.12. The van der Waals surface area contributed by atoms with Crippen molar-refractivity contribution in [1.82, 2.24) is 4.57 Å². The highest BCUT2D eigenvalue weighted by atomic mass is 16.5. The normalized spacial score (nSPS) is 10.3. The smallest absolute Gasteiger partial charge is 0.418 e. The summed E-state index contributed by atoms with van der Waals surface area (Å²) < 4.78 is 6.82. The molecule has 1 heterocycles. The number of ether oxygens (including phenoxy) is 1. The number of nitriles is 1. The summed E-state index contributed by atoms with van der Waals surface area (Å²) in [7, 11) is 0. The first-order chi connectivity index (χ1) is 10.8. The zero-order chi connectivity index (χ0) is 15.4. The second kappa shape index (κ2) is 6.15. The summed E-state index contributed by atoms with van der Waals surface area (Å²) in [5.74, 6) is 0. The molecule has 108 valence electrons. The third-order valence-electron chi connectivity index (χ3n) is 3.47. The standard InChI is InChI=1S/C18H14N2O2/c19-11-10-15-12-20(17-9-5-4-8-16(15)17)18(21)22-13-14-6-2-1-3-7-14/h1-9,12H,10,13H2. The lowest BCUT2D eigenvalue weighted by molar-refractivity contribution is 0.142. The van der Waals surface area contributed by atoms with Crippen LogP contribution >= 0.6 is 0 Å². The zero-order valence-corrected chi connectivity index (χ0v) is 11.9. The van der Waals surface area contributed by atoms with Gasteiger partial charge in [-0.3, -0.25) is 4.57 Å². The molecule has 0 spiro atoms. The van der Waals surface area contributed by atoms with Crippen LogP contribution < -0.4 is 0 Å². The lowest BCUT2D eigenvalue weighted by Gasteiger charge is -2.06. The van der Waals surface area contributed by atoms with Crippen LogP contribution in [0.3, 0.4) is 0 Å². The molecule has 3 rings (SSSR count). The molecule has 0 aliphatic heterocycles. The summed E-state index contributed by atoms with van der Waals surface area (Å²) in [6.45, 7) is 0.222. The van der Waals surface area contributed by atoms with Crippen LogP contribution in [0.15, 0.2) is 60.8 Å². The van der Waals surface area contributed by atoms with E-state index in [2.05, 4.69) is 6.07 Å². The Balaban J connectivity index is 1.86. The summed E-state index contributed by atoms with van der Waals surface area (Å²) in [6.07, 6.45) is 1.50. The summed E-state index contributed by atoms with van der Waals surface area (Å²) in [5, 5.41) is 9.81. The predicted molar refractivity (Wildman–Crippen MR) is 83.3 cm³/mol. The minimum absolute atomic E-state index is 0.222. The van der Waals surface area contributed by atoms with Gasteiger partial charge in [-0.15, -0.1) is 0 Å². The van der Waals surface area contributed by atoms with Gasteiger partial charge in [0.1, 0.15) is 6.61 Å². The largest absolute Gasteiger partial charge is 0.444 e. The number of nitrogens with zero attached hydrogens (tertiary/aromatic N) is 2. The van der Waals surface area contributed by atoms with Gasteiger partial charge in [0.2, 0.25) is 0 Å². The molecule has 0 unspecified atom stereocenters. The Morgan fingerprint density at radius 2 is 1.82 bits per heavy atom. The quantitative estimate of drug-likeness (QED) is 0.735. The molecule has 0 fully saturated rings. The molecule has 0 N–H and O–H groups in total. The highest BCUT2D eigenvalue weighted by molar-refractivity contribution is 5.92. The van der Waals surface area contributed by atoms with Crippen LogP contribution in [-0.2, 0) is 17.8 Å². The number of aromatic nitrogens is 1. The van der Waals surface area contributed by atoms with E-state index < -0.39 is 6.09 Å². The van der Waals surface area contributed by atoms with Crippen molar-refractivity contribution in [3.8, 4) is 6.07 Å². The third-order valence-corrected chi connectivity index (χ3v) is 3.47. The van der Waals surface area contributed by atoms with Crippen LogP contribution in [0.25, 0.3) is 10.9 Å². The number of rotatable bonds is 3. The van der Waals surface area contributed by atoms with Crippen LogP contribution in [0.1, 0.15) is 11.1 Å². The summed E-state index contributed by atoms with van der Waals surface area (Å²) >= 11 is 0. The van der Waals surface area contributed by atoms with Gasteiger partial charge in [0.25, 0.3) is 0 Å². The van der Waals surface area contributed by atoms with Gasteiger partial charge in [0.05, 0.1) is 18.0 Å². The topological polar surface area (TPSA) is 55.0 Å². The van der Waals surface area contributed by atoms with E-state index in [1.807, 2.05) is 54.6 Å². The molecule has 1 aromatic heterocycles. The summed E-state index contributed by atoms with van der Waals surface area (Å²) in [6, 6.07) is 19.2. The molecule has 0 amide bonds. The first-order valence-electron chi connectivity index (χ1n) is 6.96. The Kier molecular flexibility index (Phi) is 3.88. The molecule has 4 nitrogen and oxygen atoms in total. The highest BCUT2D eigenvalue weighted by Crippen LogP contribution is 2.22. The van der Waals surface area contributed by atoms with Crippen molar-refractivity contribution < 1.29 is 9.53 Å². The van der Waals surface area contributed by atoms with Gasteiger partial charge in [-0.2, -0.15) is 5.26 Å². The van der Waals surface area contributed by atoms with E-state index in [1.165, 1.54) is 4.57 Å². The van der Waals surface area contributed by atoms with Crippen LogP contribution in [-0.4, -0.2) is 10.7 Å². The predicted octanol–water partition coefficient (Wildman–Crippen LogP) is 3.89. The molecular formula is C18H14N2O2. The van der Waals surface area contributed by atoms with Crippen molar-refractivity contribution in [3.63, 3.8) is 0 Å². The first-order valence-corrected chi connectivity index (χ1v) is 6.96. The Morgan fingerprint density at radius 1 is 1.09 bits per heavy atom. The van der Waals surface area contributed by atoms with Gasteiger partial charge in [-0.05, 0) is 17.2 Å². The highest BCUT2D eigenvalue weighted by Gasteiger charge is 2.14. The van der Waals surface area contributed by atoms with Crippen LogP contribution in [0.4, 0.5) is 4.79 Å². The van der Waals surface area contributed by atoms with E-state index >= 15 is 0 Å². The monoisotopic (exact) mass is 290 g/mol. The number of hydrogen-bond donors (Lipinski definition) is 0. The van der Waals surface area contributed by atoms with Crippen LogP contribution in [0.5, 0.6) is 0 Å². The first kappa shape index (κ1) is 13.9. The van der Waals surface area contributed by atoms with Gasteiger partial charge in [0, 0.05) is 11.6 Å². The zero-order valence-electron chi connectivity index (χ0n) is 11.9. The van der Waals surface area contributed by atoms with E-state index in [4.69, 9.17) is 10.00 Å². The fourth-order valence-electron chi connectivity index (χ4n) is 2.42. The number of carbonyl (C=O) groups is 1. The minimum atomic E-state index is -0.441. The van der Waals surface area contributed by atoms with Crippen molar-refractivity contribution >= 4 is 17.0 Å². The van der Waals surface area contributed by atoms with Crippen molar-refractivity contribution in [2.75, 3.05) is 0 Å². The molecule has 0 saturated heterocycles. The number of benzene rings is 2. The van der Waals surface area contributed by atoms with Crippen molar-refractivity contribution in [2.24, 2.45) is 0 Å². The fourth-order valence-corrected chi connectivity index (χ4v) is 2.42. The van der Waals surface area contributed by atoms with E-state index in [-0.39, 0.29) is 13.0 Å². The Hall–Kier alpha value is -3.06. The van der Waals surface area contributed by atoms with Gasteiger partial charge < -0.3 is 4.74 Å². The van der Waals surface area contributed by atoms with Gasteiger partial charge in [0.15, 0.2) is 0 Å². The van der Waals surface area contributed by atoms with Gasteiger partial charge in [-0.1, -0.05) is 48.5 Å². The summed E-state index contributed by atoms with van der Waals surface area (Å²) in [5.41, 5.74) is 2.52. The Bertz CT molecular complexity index is 844. The minimum Gasteiger partial charge on any atom is -0.444 e. The summed E-state index contributed by atoms with van der Waals surface area (Å²) in [4.78, 5) is 12.3. The van der Waals surface area contributed by atoms with Crippen LogP contribution in [0.2, 0.25) is 0 Å². The second-order valence-corrected chi connectivity index (χ2v) is 4.92. The SMILES string of the molecule is N#CCc1cn(C(=O)OCc2ccccc2)c2ccccc12. The van der Waals surface area contributed by atoms with Crippen LogP contribution in [0, 0.1) is 11.3 Å². The van der Waals surface area contributed by atoms with Crippen molar-refractivity contribution in [2.45, 2.75) is 13.0 Å². The lowest BCUT2D eigenvalue weighted by atomic mass is 10.1. The molecule has 4 heteroatoms. The molecule has 22 heavy (non-hydrogen) atoms. The number of para-hydroxylation sites is 1. The van der Waals surface area contributed by atoms with E-state index in [9.17, 15) is 4.79 Å². The number of carbonyl (C=O) groups excluding carboxylic acids is 1. The third kappa shape index (κ3) is 2.70. The maximum absolute atomic E-state index is 12.3. The van der Waals surface area contributed by atoms with Gasteiger partial charge >= 0.3 is 6.09 Å². The molecule has 3 aromatic rings. The maximum Gasteiger partial charge on any atom is 0.418 e. The molecular weight excluding hydrogens is 276 g/mol. The fraction of sp³-hybridized carbons (Fsp3) is 0.111. The molecule has 0 aliphatic rings. The number of hydrogen-bond acceptors (Lipinski definition) is 3. The Morgan fingerprint density at radius 3 is 2.59 bits per heavy atom. The van der Waals surface area contributed by atoms with Crippen molar-refractivity contribution in [1.29, 1.82) is 5.26 Å². The van der Waals surface area contributed by atoms with Crippen molar-refractivity contribution in [3.05, 3.63) is 71.9 Å². The average molecular weight is 290 g/mol. The number of fused-ring (bicyclic) bond motifs is 1. The molecule has 0 saturated carbocycles. The molecule has 0 radical (unpaired) electrons. The average Bonchev–Trinajstić information content (AvgIpc) is 2.93. The molecule has 0 bridgehead atoms. The van der Waals surface area contributed by atoms with Gasteiger partial charge in [-0.25, -0.2) is 4.79 Å². The second-order valence-electron chi connectivity index (χ2n) is 4.92. The Labute approximate surface area is 128 Å². The van der Waals surface area contributed by atoms with E-state index in [0.717, 1.165) is 22.0 Å². The van der Waals surface area contributed by atoms with E-state index in [0.29, 0.717) is 0 Å².